The number of methoxy groups -OCH3 is 1. The van der Waals surface area contributed by atoms with Gasteiger partial charge in [0.2, 0.25) is 0 Å². The molecule has 0 aliphatic rings. The van der Waals surface area contributed by atoms with E-state index in [1.165, 1.54) is 11.1 Å². The lowest BCUT2D eigenvalue weighted by Gasteiger charge is -2.22. The van der Waals surface area contributed by atoms with Crippen LogP contribution in [0, 0.1) is 0 Å². The van der Waals surface area contributed by atoms with Gasteiger partial charge in [0.05, 0.1) is 6.61 Å². The molecule has 1 aromatic rings. The third-order valence-electron chi connectivity index (χ3n) is 3.24. The molecule has 0 N–H and O–H groups in total. The Hall–Kier alpha value is -0.570. The standard InChI is InChI=1S/C16H26ClNO/c1-16(2,3)15-7-5-14(6-8-15)13-18(10-9-17)11-12-19-4/h5-8H,9-13H2,1-4H3. The fourth-order valence-electron chi connectivity index (χ4n) is 1.98. The summed E-state index contributed by atoms with van der Waals surface area (Å²) in [6, 6.07) is 8.89. The molecule has 108 valence electrons. The highest BCUT2D eigenvalue weighted by Gasteiger charge is 2.13. The number of alkyl halides is 1. The smallest absolute Gasteiger partial charge is 0.0589 e. The molecule has 0 saturated carbocycles. The molecule has 0 heterocycles. The van der Waals surface area contributed by atoms with E-state index in [4.69, 9.17) is 16.3 Å². The predicted molar refractivity (Wildman–Crippen MR) is 83.0 cm³/mol. The molecule has 0 radical (unpaired) electrons. The van der Waals surface area contributed by atoms with Gasteiger partial charge >= 0.3 is 0 Å². The number of hydrogen-bond acceptors (Lipinski definition) is 2. The first kappa shape index (κ1) is 16.5. The molecule has 3 heteroatoms. The van der Waals surface area contributed by atoms with Crippen LogP contribution < -0.4 is 0 Å². The molecule has 0 spiro atoms. The molecule has 1 rings (SSSR count). The Labute approximate surface area is 122 Å². The average molecular weight is 284 g/mol. The summed E-state index contributed by atoms with van der Waals surface area (Å²) >= 11 is 5.84. The van der Waals surface area contributed by atoms with Crippen LogP contribution in [0.2, 0.25) is 0 Å². The molecule has 1 aromatic carbocycles. The van der Waals surface area contributed by atoms with Crippen molar-refractivity contribution in [2.45, 2.75) is 32.7 Å². The Morgan fingerprint density at radius 1 is 1.11 bits per heavy atom. The molecule has 0 aliphatic heterocycles. The van der Waals surface area contributed by atoms with Gasteiger partial charge in [-0.25, -0.2) is 0 Å². The van der Waals surface area contributed by atoms with Crippen molar-refractivity contribution in [2.75, 3.05) is 32.7 Å². The van der Waals surface area contributed by atoms with Crippen molar-refractivity contribution in [1.82, 2.24) is 4.90 Å². The molecule has 0 aliphatic carbocycles. The van der Waals surface area contributed by atoms with Crippen LogP contribution in [-0.2, 0) is 16.7 Å². The summed E-state index contributed by atoms with van der Waals surface area (Å²) in [7, 11) is 1.73. The van der Waals surface area contributed by atoms with E-state index in [9.17, 15) is 0 Å². The molecule has 0 bridgehead atoms. The Morgan fingerprint density at radius 3 is 2.21 bits per heavy atom. The van der Waals surface area contributed by atoms with E-state index in [1.807, 2.05) is 0 Å². The van der Waals surface area contributed by atoms with Gasteiger partial charge in [-0.15, -0.1) is 11.6 Å². The number of ether oxygens (including phenoxy) is 1. The van der Waals surface area contributed by atoms with Gasteiger partial charge in [0, 0.05) is 32.6 Å². The van der Waals surface area contributed by atoms with Gasteiger partial charge in [-0.05, 0) is 16.5 Å². The van der Waals surface area contributed by atoms with E-state index >= 15 is 0 Å². The topological polar surface area (TPSA) is 12.5 Å². The molecule has 0 aromatic heterocycles. The second-order valence-corrected chi connectivity index (χ2v) is 6.28. The van der Waals surface area contributed by atoms with Crippen molar-refractivity contribution in [1.29, 1.82) is 0 Å². The van der Waals surface area contributed by atoms with Crippen molar-refractivity contribution in [3.63, 3.8) is 0 Å². The molecule has 0 amide bonds. The Morgan fingerprint density at radius 2 is 1.74 bits per heavy atom. The summed E-state index contributed by atoms with van der Waals surface area (Å²) in [5.74, 6) is 0.657. The van der Waals surface area contributed by atoms with Gasteiger partial charge < -0.3 is 4.74 Å². The Balaban J connectivity index is 2.64. The van der Waals surface area contributed by atoms with Crippen LogP contribution in [0.25, 0.3) is 0 Å². The fraction of sp³-hybridized carbons (Fsp3) is 0.625. The average Bonchev–Trinajstić information content (AvgIpc) is 2.36. The van der Waals surface area contributed by atoms with Crippen LogP contribution >= 0.6 is 11.6 Å². The maximum Gasteiger partial charge on any atom is 0.0589 e. The molecular weight excluding hydrogens is 258 g/mol. The minimum Gasteiger partial charge on any atom is -0.383 e. The summed E-state index contributed by atoms with van der Waals surface area (Å²) in [6.07, 6.45) is 0. The number of nitrogens with zero attached hydrogens (tertiary/aromatic N) is 1. The molecule has 0 fully saturated rings. The lowest BCUT2D eigenvalue weighted by molar-refractivity contribution is 0.148. The number of hydrogen-bond donors (Lipinski definition) is 0. The van der Waals surface area contributed by atoms with Crippen LogP contribution in [-0.4, -0.2) is 37.6 Å². The van der Waals surface area contributed by atoms with Gasteiger partial charge in [-0.2, -0.15) is 0 Å². The summed E-state index contributed by atoms with van der Waals surface area (Å²) in [5.41, 5.74) is 2.91. The Bertz CT molecular complexity index is 356. The summed E-state index contributed by atoms with van der Waals surface area (Å²) in [6.45, 7) is 10.2. The molecule has 0 saturated heterocycles. The van der Waals surface area contributed by atoms with Crippen molar-refractivity contribution >= 4 is 11.6 Å². The summed E-state index contributed by atoms with van der Waals surface area (Å²) < 4.78 is 5.14. The van der Waals surface area contributed by atoms with E-state index in [0.717, 1.165) is 26.2 Å². The van der Waals surface area contributed by atoms with Crippen LogP contribution in [0.5, 0.6) is 0 Å². The fourth-order valence-corrected chi connectivity index (χ4v) is 2.22. The predicted octanol–water partition coefficient (Wildman–Crippen LogP) is 3.67. The van der Waals surface area contributed by atoms with E-state index in [2.05, 4.69) is 49.9 Å². The van der Waals surface area contributed by atoms with Crippen LogP contribution in [0.15, 0.2) is 24.3 Å². The zero-order chi connectivity index (χ0) is 14.3. The number of halogens is 1. The van der Waals surface area contributed by atoms with Crippen molar-refractivity contribution in [2.24, 2.45) is 0 Å². The maximum absolute atomic E-state index is 5.84. The number of benzene rings is 1. The first-order chi connectivity index (χ1) is 8.97. The monoisotopic (exact) mass is 283 g/mol. The molecule has 2 nitrogen and oxygen atoms in total. The van der Waals surface area contributed by atoms with E-state index in [-0.39, 0.29) is 5.41 Å². The highest BCUT2D eigenvalue weighted by atomic mass is 35.5. The zero-order valence-corrected chi connectivity index (χ0v) is 13.3. The minimum atomic E-state index is 0.213. The van der Waals surface area contributed by atoms with E-state index in [1.54, 1.807) is 7.11 Å². The molecule has 19 heavy (non-hydrogen) atoms. The van der Waals surface area contributed by atoms with Gasteiger partial charge in [-0.1, -0.05) is 45.0 Å². The first-order valence-corrected chi connectivity index (χ1v) is 7.37. The third kappa shape index (κ3) is 5.94. The maximum atomic E-state index is 5.84. The lowest BCUT2D eigenvalue weighted by atomic mass is 9.87. The molecule has 0 atom stereocenters. The largest absolute Gasteiger partial charge is 0.383 e. The normalized spacial score (nSPS) is 12.1. The lowest BCUT2D eigenvalue weighted by Crippen LogP contribution is -2.29. The highest BCUT2D eigenvalue weighted by molar-refractivity contribution is 6.18. The highest BCUT2D eigenvalue weighted by Crippen LogP contribution is 2.22. The summed E-state index contributed by atoms with van der Waals surface area (Å²) in [4.78, 5) is 2.32. The van der Waals surface area contributed by atoms with Crippen molar-refractivity contribution < 1.29 is 4.74 Å². The SMILES string of the molecule is COCCN(CCCl)Cc1ccc(C(C)(C)C)cc1. The van der Waals surface area contributed by atoms with Crippen molar-refractivity contribution in [3.8, 4) is 0 Å². The van der Waals surface area contributed by atoms with Crippen LogP contribution in [0.4, 0.5) is 0 Å². The second kappa shape index (κ2) is 7.88. The van der Waals surface area contributed by atoms with Gasteiger partial charge in [-0.3, -0.25) is 4.90 Å². The van der Waals surface area contributed by atoms with E-state index < -0.39 is 0 Å². The van der Waals surface area contributed by atoms with Gasteiger partial charge in [0.15, 0.2) is 0 Å². The van der Waals surface area contributed by atoms with Gasteiger partial charge in [0.25, 0.3) is 0 Å². The van der Waals surface area contributed by atoms with Crippen LogP contribution in [0.1, 0.15) is 31.9 Å². The minimum absolute atomic E-state index is 0.213. The quantitative estimate of drug-likeness (QED) is 0.708. The second-order valence-electron chi connectivity index (χ2n) is 5.90. The van der Waals surface area contributed by atoms with Crippen LogP contribution in [0.3, 0.4) is 0 Å². The number of rotatable bonds is 7. The zero-order valence-electron chi connectivity index (χ0n) is 12.6. The molecular formula is C16H26ClNO. The molecule has 0 unspecified atom stereocenters. The van der Waals surface area contributed by atoms with Crippen molar-refractivity contribution in [3.05, 3.63) is 35.4 Å². The van der Waals surface area contributed by atoms with E-state index in [0.29, 0.717) is 5.88 Å². The summed E-state index contributed by atoms with van der Waals surface area (Å²) in [5, 5.41) is 0. The third-order valence-corrected chi connectivity index (χ3v) is 3.41. The van der Waals surface area contributed by atoms with Gasteiger partial charge in [0.1, 0.15) is 0 Å². The Kier molecular flexibility index (Phi) is 6.84. The first-order valence-electron chi connectivity index (χ1n) is 6.84.